The normalized spacial score (nSPS) is 44.9. The number of ether oxygens (including phenoxy) is 4. The molecule has 7 atom stereocenters. The molecule has 1 N–H and O–H groups in total. The Labute approximate surface area is 175 Å². The van der Waals surface area contributed by atoms with Gasteiger partial charge >= 0.3 is 5.97 Å². The lowest BCUT2D eigenvalue weighted by molar-refractivity contribution is -0.286. The third-order valence-corrected chi connectivity index (χ3v) is 8.59. The lowest BCUT2D eigenvalue weighted by atomic mass is 9.40. The molecular weight excluding hydrogens is 392 g/mol. The second-order valence-corrected chi connectivity index (χ2v) is 9.49. The quantitative estimate of drug-likeness (QED) is 0.537. The van der Waals surface area contributed by atoms with Crippen LogP contribution in [0.3, 0.4) is 0 Å². The fourth-order valence-electron chi connectivity index (χ4n) is 7.09. The molecule has 1 saturated heterocycles. The largest absolute Gasteiger partial charge is 0.493 e. The first kappa shape index (κ1) is 21.5. The van der Waals surface area contributed by atoms with Crippen molar-refractivity contribution in [3.05, 3.63) is 11.3 Å². The van der Waals surface area contributed by atoms with E-state index in [1.807, 2.05) is 13.8 Å². The molecule has 0 aromatic rings. The summed E-state index contributed by atoms with van der Waals surface area (Å²) in [5, 5.41) is 10.8. The van der Waals surface area contributed by atoms with Crippen molar-refractivity contribution in [3.63, 3.8) is 0 Å². The minimum atomic E-state index is -1.85. The number of hydrogen-bond donors (Lipinski definition) is 1. The highest BCUT2D eigenvalue weighted by Crippen LogP contribution is 2.67. The van der Waals surface area contributed by atoms with E-state index in [1.54, 1.807) is 6.92 Å². The van der Waals surface area contributed by atoms with Crippen LogP contribution in [0.1, 0.15) is 40.0 Å². The molecular formula is C22H30O8. The molecule has 0 bridgehead atoms. The summed E-state index contributed by atoms with van der Waals surface area (Å²) in [5.74, 6) is -4.14. The van der Waals surface area contributed by atoms with E-state index in [2.05, 4.69) is 0 Å². The van der Waals surface area contributed by atoms with Gasteiger partial charge in [-0.1, -0.05) is 13.8 Å². The molecule has 0 spiro atoms. The van der Waals surface area contributed by atoms with Crippen LogP contribution in [0.15, 0.2) is 11.3 Å². The highest BCUT2D eigenvalue weighted by molar-refractivity contribution is 6.05. The van der Waals surface area contributed by atoms with Crippen molar-refractivity contribution in [3.8, 4) is 0 Å². The van der Waals surface area contributed by atoms with Crippen molar-refractivity contribution in [2.45, 2.75) is 58.0 Å². The van der Waals surface area contributed by atoms with E-state index in [4.69, 9.17) is 18.9 Å². The molecule has 1 aliphatic heterocycles. The number of methoxy groups -OCH3 is 3. The van der Waals surface area contributed by atoms with Crippen LogP contribution in [0.2, 0.25) is 0 Å². The van der Waals surface area contributed by atoms with Gasteiger partial charge in [0, 0.05) is 36.9 Å². The Balaban J connectivity index is 1.96. The maximum absolute atomic E-state index is 14.0. The van der Waals surface area contributed by atoms with E-state index in [0.29, 0.717) is 6.42 Å². The summed E-state index contributed by atoms with van der Waals surface area (Å²) in [4.78, 5) is 40.1. The minimum Gasteiger partial charge on any atom is -0.493 e. The van der Waals surface area contributed by atoms with Crippen molar-refractivity contribution in [2.75, 3.05) is 21.3 Å². The van der Waals surface area contributed by atoms with Crippen LogP contribution in [0.5, 0.6) is 0 Å². The number of fused-ring (bicyclic) bond motifs is 2. The Morgan fingerprint density at radius 3 is 2.27 bits per heavy atom. The molecule has 30 heavy (non-hydrogen) atoms. The van der Waals surface area contributed by atoms with Gasteiger partial charge in [-0.2, -0.15) is 0 Å². The molecule has 0 aromatic heterocycles. The number of carbonyl (C=O) groups is 3. The summed E-state index contributed by atoms with van der Waals surface area (Å²) < 4.78 is 22.1. The topological polar surface area (TPSA) is 108 Å². The number of aliphatic hydroxyl groups is 1. The van der Waals surface area contributed by atoms with E-state index < -0.39 is 40.5 Å². The monoisotopic (exact) mass is 422 g/mol. The second kappa shape index (κ2) is 6.61. The Morgan fingerprint density at radius 1 is 1.07 bits per heavy atom. The van der Waals surface area contributed by atoms with Crippen LogP contribution in [0, 0.1) is 28.6 Å². The van der Waals surface area contributed by atoms with Crippen LogP contribution in [0.4, 0.5) is 0 Å². The molecule has 4 aliphatic rings. The van der Waals surface area contributed by atoms with E-state index in [1.165, 1.54) is 21.3 Å². The Hall–Kier alpha value is -1.77. The first-order chi connectivity index (χ1) is 14.0. The number of allylic oxidation sites excluding steroid dienone is 2. The first-order valence-corrected chi connectivity index (χ1v) is 10.4. The SMILES string of the molecule is COC1=C(C)[C@@H]2CC(=O)O[C@@H]3C[C@H]4C[C@@H](O)C(OC)(OC)C(=O)[C@]4(C)[C@@H](C1=O)[C@@]32C. The molecule has 3 aliphatic carbocycles. The van der Waals surface area contributed by atoms with E-state index in [0.717, 1.165) is 5.57 Å². The third-order valence-electron chi connectivity index (χ3n) is 8.59. The highest BCUT2D eigenvalue weighted by atomic mass is 16.7. The van der Waals surface area contributed by atoms with Crippen LogP contribution in [-0.2, 0) is 33.3 Å². The van der Waals surface area contributed by atoms with Crippen molar-refractivity contribution >= 4 is 17.5 Å². The zero-order valence-electron chi connectivity index (χ0n) is 18.3. The molecule has 2 saturated carbocycles. The summed E-state index contributed by atoms with van der Waals surface area (Å²) in [7, 11) is 4.07. The average Bonchev–Trinajstić information content (AvgIpc) is 2.69. The van der Waals surface area contributed by atoms with Gasteiger partial charge < -0.3 is 24.1 Å². The zero-order valence-corrected chi connectivity index (χ0v) is 18.3. The van der Waals surface area contributed by atoms with E-state index in [9.17, 15) is 19.5 Å². The van der Waals surface area contributed by atoms with E-state index >= 15 is 0 Å². The maximum Gasteiger partial charge on any atom is 0.306 e. The lowest BCUT2D eigenvalue weighted by Gasteiger charge is -2.65. The summed E-state index contributed by atoms with van der Waals surface area (Å²) in [6.07, 6.45) is -1.02. The summed E-state index contributed by atoms with van der Waals surface area (Å²) in [6.45, 7) is 5.52. The third kappa shape index (κ3) is 2.25. The number of carbonyl (C=O) groups excluding carboxylic acids is 3. The second-order valence-electron chi connectivity index (χ2n) is 9.49. The van der Waals surface area contributed by atoms with Gasteiger partial charge in [-0.15, -0.1) is 0 Å². The summed E-state index contributed by atoms with van der Waals surface area (Å²) in [6, 6.07) is 0. The van der Waals surface area contributed by atoms with Crippen molar-refractivity contribution in [1.29, 1.82) is 0 Å². The predicted octanol–water partition coefficient (Wildman–Crippen LogP) is 1.39. The number of Topliss-reactive ketones (excluding diaryl/α,β-unsaturated/α-hetero) is 2. The van der Waals surface area contributed by atoms with Gasteiger partial charge in [0.1, 0.15) is 12.2 Å². The lowest BCUT2D eigenvalue weighted by Crippen LogP contribution is -2.74. The van der Waals surface area contributed by atoms with Gasteiger partial charge in [0.15, 0.2) is 5.76 Å². The van der Waals surface area contributed by atoms with Crippen LogP contribution in [0.25, 0.3) is 0 Å². The van der Waals surface area contributed by atoms with Gasteiger partial charge in [0.25, 0.3) is 5.79 Å². The molecule has 8 heteroatoms. The van der Waals surface area contributed by atoms with Gasteiger partial charge in [-0.3, -0.25) is 14.4 Å². The molecule has 4 rings (SSSR count). The standard InChI is InChI=1S/C22H30O8/c1-10-12-9-15(24)30-14-8-11-7-13(23)22(28-5,29-6)19(26)20(11,2)18(21(12,14)3)16(25)17(10)27-4/h11-14,18,23H,7-9H2,1-6H3/t11-,12+,13-,14-,18-,20+,21-/m1/s1. The number of hydrogen-bond acceptors (Lipinski definition) is 8. The molecule has 0 amide bonds. The number of aliphatic hydroxyl groups excluding tert-OH is 1. The highest BCUT2D eigenvalue weighted by Gasteiger charge is 2.75. The number of ketones is 2. The van der Waals surface area contributed by atoms with Crippen molar-refractivity contribution < 1.29 is 38.4 Å². The van der Waals surface area contributed by atoms with Crippen molar-refractivity contribution in [1.82, 2.24) is 0 Å². The fraction of sp³-hybridized carbons (Fsp3) is 0.773. The van der Waals surface area contributed by atoms with Gasteiger partial charge in [-0.25, -0.2) is 0 Å². The fourth-order valence-corrected chi connectivity index (χ4v) is 7.09. The number of esters is 1. The number of rotatable bonds is 3. The summed E-state index contributed by atoms with van der Waals surface area (Å²) >= 11 is 0. The molecule has 8 nitrogen and oxygen atoms in total. The molecule has 3 fully saturated rings. The molecule has 0 aromatic carbocycles. The van der Waals surface area contributed by atoms with Crippen LogP contribution in [-0.4, -0.2) is 62.0 Å². The van der Waals surface area contributed by atoms with Gasteiger partial charge in [0.05, 0.1) is 13.5 Å². The summed E-state index contributed by atoms with van der Waals surface area (Å²) in [5.41, 5.74) is -1.23. The van der Waals surface area contributed by atoms with Crippen LogP contribution >= 0.6 is 0 Å². The maximum atomic E-state index is 14.0. The van der Waals surface area contributed by atoms with Gasteiger partial charge in [-0.05, 0) is 31.3 Å². The smallest absolute Gasteiger partial charge is 0.306 e. The Morgan fingerprint density at radius 2 is 1.70 bits per heavy atom. The van der Waals surface area contributed by atoms with Gasteiger partial charge in [0.2, 0.25) is 11.6 Å². The predicted molar refractivity (Wildman–Crippen MR) is 103 cm³/mol. The zero-order chi connectivity index (χ0) is 22.2. The Bertz CT molecular complexity index is 842. The first-order valence-electron chi connectivity index (χ1n) is 10.4. The average molecular weight is 422 g/mol. The molecule has 166 valence electrons. The van der Waals surface area contributed by atoms with Crippen LogP contribution < -0.4 is 0 Å². The minimum absolute atomic E-state index is 0.132. The van der Waals surface area contributed by atoms with Crippen molar-refractivity contribution in [2.24, 2.45) is 28.6 Å². The molecule has 0 radical (unpaired) electrons. The molecule has 1 heterocycles. The van der Waals surface area contributed by atoms with E-state index in [-0.39, 0.29) is 42.2 Å². The molecule has 0 unspecified atom stereocenters. The Kier molecular flexibility index (Phi) is 4.73.